The van der Waals surface area contributed by atoms with Crippen molar-refractivity contribution in [2.45, 2.75) is 18.6 Å². The number of aliphatic hydroxyl groups is 1. The number of nitrogen functional groups attached to an aromatic ring is 1. The summed E-state index contributed by atoms with van der Waals surface area (Å²) in [5.74, 6) is 5.65. The second-order valence-corrected chi connectivity index (χ2v) is 5.34. The van der Waals surface area contributed by atoms with Crippen LogP contribution < -0.4 is 11.3 Å². The van der Waals surface area contributed by atoms with Gasteiger partial charge in [0.2, 0.25) is 0 Å². The molecular formula is C13H21N5O2. The van der Waals surface area contributed by atoms with Crippen molar-refractivity contribution in [2.24, 2.45) is 5.84 Å². The molecule has 1 aliphatic rings. The van der Waals surface area contributed by atoms with Crippen LogP contribution in [0.5, 0.6) is 0 Å². The van der Waals surface area contributed by atoms with E-state index < -0.39 is 6.10 Å². The van der Waals surface area contributed by atoms with Crippen LogP contribution in [0.15, 0.2) is 18.3 Å². The molecule has 2 rings (SSSR count). The summed E-state index contributed by atoms with van der Waals surface area (Å²) >= 11 is 0. The molecule has 1 aliphatic heterocycles. The summed E-state index contributed by atoms with van der Waals surface area (Å²) < 4.78 is 0. The van der Waals surface area contributed by atoms with Gasteiger partial charge in [-0.2, -0.15) is 0 Å². The number of amides is 1. The molecule has 1 saturated heterocycles. The van der Waals surface area contributed by atoms with Gasteiger partial charge < -0.3 is 20.3 Å². The maximum Gasteiger partial charge on any atom is 0.255 e. The zero-order chi connectivity index (χ0) is 14.7. The first-order valence-corrected chi connectivity index (χ1v) is 6.57. The molecule has 4 N–H and O–H groups in total. The van der Waals surface area contributed by atoms with Gasteiger partial charge in [-0.05, 0) is 32.6 Å². The number of hydrazine groups is 1. The minimum Gasteiger partial charge on any atom is -0.391 e. The number of carbonyl (C=O) groups is 1. The molecule has 0 aliphatic carbocycles. The van der Waals surface area contributed by atoms with Gasteiger partial charge in [0.15, 0.2) is 0 Å². The van der Waals surface area contributed by atoms with Crippen molar-refractivity contribution in [2.75, 3.05) is 32.6 Å². The molecule has 110 valence electrons. The van der Waals surface area contributed by atoms with E-state index in [9.17, 15) is 9.90 Å². The van der Waals surface area contributed by atoms with Crippen molar-refractivity contribution in [3.05, 3.63) is 23.9 Å². The lowest BCUT2D eigenvalue weighted by Crippen LogP contribution is -2.41. The maximum atomic E-state index is 12.5. The quantitative estimate of drug-likeness (QED) is 0.508. The highest BCUT2D eigenvalue weighted by molar-refractivity contribution is 5.94. The fourth-order valence-corrected chi connectivity index (χ4v) is 2.51. The molecule has 7 heteroatoms. The van der Waals surface area contributed by atoms with Crippen LogP contribution >= 0.6 is 0 Å². The number of hydrogen-bond donors (Lipinski definition) is 3. The van der Waals surface area contributed by atoms with E-state index in [0.717, 1.165) is 6.54 Å². The Balaban J connectivity index is 2.13. The van der Waals surface area contributed by atoms with E-state index in [1.165, 1.54) is 6.20 Å². The highest BCUT2D eigenvalue weighted by atomic mass is 16.3. The molecule has 0 saturated carbocycles. The highest BCUT2D eigenvalue weighted by Crippen LogP contribution is 2.21. The molecule has 0 aromatic carbocycles. The Kier molecular flexibility index (Phi) is 4.53. The third-order valence-electron chi connectivity index (χ3n) is 3.39. The first kappa shape index (κ1) is 14.7. The summed E-state index contributed by atoms with van der Waals surface area (Å²) in [6.45, 7) is 1.10. The van der Waals surface area contributed by atoms with Gasteiger partial charge >= 0.3 is 0 Å². The average molecular weight is 279 g/mol. The van der Waals surface area contributed by atoms with Crippen molar-refractivity contribution in [3.8, 4) is 0 Å². The molecule has 0 bridgehead atoms. The first-order chi connectivity index (χ1) is 9.51. The minimum atomic E-state index is -0.457. The number of pyridine rings is 1. The second-order valence-electron chi connectivity index (χ2n) is 5.34. The molecule has 2 heterocycles. The Morgan fingerprint density at radius 3 is 2.90 bits per heavy atom. The Hall–Kier alpha value is -1.70. The number of rotatable bonds is 4. The second kappa shape index (κ2) is 6.17. The number of nitrogens with zero attached hydrogens (tertiary/aromatic N) is 3. The summed E-state index contributed by atoms with van der Waals surface area (Å²) in [7, 11) is 3.91. The van der Waals surface area contributed by atoms with Crippen LogP contribution in [0.4, 0.5) is 5.82 Å². The van der Waals surface area contributed by atoms with Crippen LogP contribution in [0.25, 0.3) is 0 Å². The molecular weight excluding hydrogens is 258 g/mol. The monoisotopic (exact) mass is 279 g/mol. The predicted molar refractivity (Wildman–Crippen MR) is 76.0 cm³/mol. The summed E-state index contributed by atoms with van der Waals surface area (Å²) in [5.41, 5.74) is 2.92. The van der Waals surface area contributed by atoms with E-state index in [-0.39, 0.29) is 11.9 Å². The number of carbonyl (C=O) groups excluding carboxylic acids is 1. The van der Waals surface area contributed by atoms with E-state index in [2.05, 4.69) is 10.4 Å². The predicted octanol–water partition coefficient (Wildman–Crippen LogP) is -0.496. The standard InChI is InChI=1S/C13H21N5O2/c1-17(2)7-10-5-11(19)8-18(10)13(20)9-3-4-12(16-14)15-6-9/h3-4,6,10-11,19H,5,7-8,14H2,1-2H3,(H,15,16). The van der Waals surface area contributed by atoms with Crippen molar-refractivity contribution in [1.29, 1.82) is 0 Å². The number of aliphatic hydroxyl groups excluding tert-OH is 1. The lowest BCUT2D eigenvalue weighted by atomic mass is 10.1. The van der Waals surface area contributed by atoms with Crippen LogP contribution in [0.3, 0.4) is 0 Å². The van der Waals surface area contributed by atoms with Gasteiger partial charge in [-0.15, -0.1) is 0 Å². The van der Waals surface area contributed by atoms with Gasteiger partial charge in [0.25, 0.3) is 5.91 Å². The number of anilines is 1. The van der Waals surface area contributed by atoms with Gasteiger partial charge in [-0.25, -0.2) is 10.8 Å². The van der Waals surface area contributed by atoms with Gasteiger partial charge in [-0.3, -0.25) is 4.79 Å². The van der Waals surface area contributed by atoms with E-state index in [1.807, 2.05) is 19.0 Å². The number of likely N-dealkylation sites (tertiary alicyclic amines) is 1. The van der Waals surface area contributed by atoms with Crippen molar-refractivity contribution in [1.82, 2.24) is 14.8 Å². The van der Waals surface area contributed by atoms with Crippen molar-refractivity contribution < 1.29 is 9.90 Å². The number of nitrogens with two attached hydrogens (primary N) is 1. The van der Waals surface area contributed by atoms with Crippen molar-refractivity contribution in [3.63, 3.8) is 0 Å². The van der Waals surface area contributed by atoms with Crippen LogP contribution in [0, 0.1) is 0 Å². The third-order valence-corrected chi connectivity index (χ3v) is 3.39. The van der Waals surface area contributed by atoms with Crippen LogP contribution in [0.2, 0.25) is 0 Å². The first-order valence-electron chi connectivity index (χ1n) is 6.57. The van der Waals surface area contributed by atoms with Crippen LogP contribution in [-0.2, 0) is 0 Å². The fraction of sp³-hybridized carbons (Fsp3) is 0.538. The molecule has 2 unspecified atom stereocenters. The van der Waals surface area contributed by atoms with Crippen LogP contribution in [-0.4, -0.2) is 65.1 Å². The molecule has 7 nitrogen and oxygen atoms in total. The summed E-state index contributed by atoms with van der Waals surface area (Å²) in [6, 6.07) is 3.36. The molecule has 0 spiro atoms. The SMILES string of the molecule is CN(C)CC1CC(O)CN1C(=O)c1ccc(NN)nc1. The zero-order valence-electron chi connectivity index (χ0n) is 11.8. The van der Waals surface area contributed by atoms with Gasteiger partial charge in [0.05, 0.1) is 11.7 Å². The lowest BCUT2D eigenvalue weighted by molar-refractivity contribution is 0.0699. The smallest absolute Gasteiger partial charge is 0.255 e. The Morgan fingerprint density at radius 2 is 2.35 bits per heavy atom. The highest BCUT2D eigenvalue weighted by Gasteiger charge is 2.34. The lowest BCUT2D eigenvalue weighted by Gasteiger charge is -2.26. The minimum absolute atomic E-state index is 0.0276. The van der Waals surface area contributed by atoms with Gasteiger partial charge in [0.1, 0.15) is 5.82 Å². The number of likely N-dealkylation sites (N-methyl/N-ethyl adjacent to an activating group) is 1. The topological polar surface area (TPSA) is 94.7 Å². The molecule has 1 aromatic heterocycles. The molecule has 1 aromatic rings. The molecule has 2 atom stereocenters. The Labute approximate surface area is 118 Å². The largest absolute Gasteiger partial charge is 0.391 e. The van der Waals surface area contributed by atoms with Gasteiger partial charge in [-0.1, -0.05) is 0 Å². The summed E-state index contributed by atoms with van der Waals surface area (Å²) in [5, 5.41) is 9.81. The average Bonchev–Trinajstić information content (AvgIpc) is 2.78. The van der Waals surface area contributed by atoms with Crippen molar-refractivity contribution >= 4 is 11.7 Å². The maximum absolute atomic E-state index is 12.5. The van der Waals surface area contributed by atoms with E-state index in [4.69, 9.17) is 5.84 Å². The fourth-order valence-electron chi connectivity index (χ4n) is 2.51. The van der Waals surface area contributed by atoms with Gasteiger partial charge in [0, 0.05) is 25.3 Å². The third kappa shape index (κ3) is 3.24. The molecule has 1 amide bonds. The molecule has 20 heavy (non-hydrogen) atoms. The number of nitrogens with one attached hydrogen (secondary N) is 1. The number of aromatic nitrogens is 1. The summed E-state index contributed by atoms with van der Waals surface area (Å²) in [6.07, 6.45) is 1.65. The van der Waals surface area contributed by atoms with E-state index >= 15 is 0 Å². The zero-order valence-corrected chi connectivity index (χ0v) is 11.8. The Morgan fingerprint density at radius 1 is 1.60 bits per heavy atom. The van der Waals surface area contributed by atoms with E-state index in [0.29, 0.717) is 24.3 Å². The Bertz CT molecular complexity index is 462. The number of β-amino-alcohol motifs (C(OH)–C–C–N with tert-alkyl or cyclic N) is 1. The number of hydrogen-bond acceptors (Lipinski definition) is 6. The van der Waals surface area contributed by atoms with E-state index in [1.54, 1.807) is 17.0 Å². The van der Waals surface area contributed by atoms with Crippen LogP contribution in [0.1, 0.15) is 16.8 Å². The normalized spacial score (nSPS) is 22.4. The molecule has 1 fully saturated rings. The summed E-state index contributed by atoms with van der Waals surface area (Å²) in [4.78, 5) is 20.3. The molecule has 0 radical (unpaired) electrons.